The number of carboxylic acid groups (broad SMARTS) is 1. The van der Waals surface area contributed by atoms with E-state index in [0.29, 0.717) is 4.91 Å². The van der Waals surface area contributed by atoms with Crippen molar-refractivity contribution >= 4 is 31.0 Å². The summed E-state index contributed by atoms with van der Waals surface area (Å²) in [6.45, 7) is 14.4. The van der Waals surface area contributed by atoms with E-state index < -0.39 is 25.1 Å². The summed E-state index contributed by atoms with van der Waals surface area (Å²) in [5.41, 5.74) is -0.0980. The molecule has 6 nitrogen and oxygen atoms in total. The summed E-state index contributed by atoms with van der Waals surface area (Å²) in [5, 5.41) is 9.52. The Morgan fingerprint density at radius 1 is 1.36 bits per heavy atom. The number of hydrogen-bond acceptors (Lipinski definition) is 4. The van der Waals surface area contributed by atoms with Crippen molar-refractivity contribution < 1.29 is 23.3 Å². The van der Waals surface area contributed by atoms with Crippen LogP contribution in [0.1, 0.15) is 34.6 Å². The molecule has 0 aromatic heterocycles. The van der Waals surface area contributed by atoms with Gasteiger partial charge in [-0.05, 0) is 25.1 Å². The zero-order chi connectivity index (χ0) is 19.5. The lowest BCUT2D eigenvalue weighted by Crippen LogP contribution is -2.65. The fraction of sp³-hybridized carbons (Fsp3) is 0.765. The number of β-lactam (4-membered cyclic amide) rings is 1. The summed E-state index contributed by atoms with van der Waals surface area (Å²) in [6, 6.07) is -0.280. The first-order valence-corrected chi connectivity index (χ1v) is 13.0. The molecule has 5 atom stereocenters. The molecule has 1 N–H and O–H groups in total. The molecular formula is C17H29NO5SSi. The molecule has 25 heavy (non-hydrogen) atoms. The number of carboxylic acids is 1. The van der Waals surface area contributed by atoms with Gasteiger partial charge in [0.1, 0.15) is 5.70 Å². The van der Waals surface area contributed by atoms with Crippen LogP contribution in [-0.4, -0.2) is 52.8 Å². The van der Waals surface area contributed by atoms with Crippen LogP contribution in [0.15, 0.2) is 10.6 Å². The molecule has 0 bridgehead atoms. The van der Waals surface area contributed by atoms with Crippen LogP contribution in [0.3, 0.4) is 0 Å². The van der Waals surface area contributed by atoms with Gasteiger partial charge < -0.3 is 14.4 Å². The predicted molar refractivity (Wildman–Crippen MR) is 99.8 cm³/mol. The Balaban J connectivity index is 2.29. The van der Waals surface area contributed by atoms with Crippen molar-refractivity contribution in [2.24, 2.45) is 11.8 Å². The monoisotopic (exact) mass is 387 g/mol. The van der Waals surface area contributed by atoms with E-state index in [1.807, 2.05) is 13.8 Å². The zero-order valence-electron chi connectivity index (χ0n) is 16.2. The molecule has 2 aliphatic rings. The maximum atomic E-state index is 12.7. The van der Waals surface area contributed by atoms with Gasteiger partial charge in [-0.15, -0.1) is 0 Å². The third-order valence-corrected chi connectivity index (χ3v) is 11.7. The van der Waals surface area contributed by atoms with Gasteiger partial charge in [0.25, 0.3) is 0 Å². The average Bonchev–Trinajstić information content (AvgIpc) is 2.66. The van der Waals surface area contributed by atoms with E-state index in [0.717, 1.165) is 0 Å². The highest BCUT2D eigenvalue weighted by molar-refractivity contribution is 7.88. The van der Waals surface area contributed by atoms with Crippen LogP contribution in [0.2, 0.25) is 18.1 Å². The summed E-state index contributed by atoms with van der Waals surface area (Å²) >= 11 is 0. The van der Waals surface area contributed by atoms with Gasteiger partial charge in [-0.2, -0.15) is 0 Å². The minimum absolute atomic E-state index is 0.0234. The lowest BCUT2D eigenvalue weighted by atomic mass is 9.79. The van der Waals surface area contributed by atoms with Crippen LogP contribution in [0.25, 0.3) is 0 Å². The molecule has 8 heteroatoms. The molecule has 0 aliphatic carbocycles. The minimum atomic E-state index is -2.05. The number of carbonyl (C=O) groups is 2. The van der Waals surface area contributed by atoms with Gasteiger partial charge in [0, 0.05) is 23.0 Å². The Labute approximate surface area is 153 Å². The van der Waals surface area contributed by atoms with Gasteiger partial charge in [-0.1, -0.05) is 27.7 Å². The predicted octanol–water partition coefficient (Wildman–Crippen LogP) is 2.55. The smallest absolute Gasteiger partial charge is 0.353 e. The number of fused-ring (bicyclic) bond motifs is 1. The highest BCUT2D eigenvalue weighted by Gasteiger charge is 2.61. The van der Waals surface area contributed by atoms with Crippen molar-refractivity contribution in [3.63, 3.8) is 0 Å². The van der Waals surface area contributed by atoms with Crippen molar-refractivity contribution in [3.05, 3.63) is 10.6 Å². The van der Waals surface area contributed by atoms with Gasteiger partial charge in [0.2, 0.25) is 5.91 Å². The molecule has 1 amide bonds. The van der Waals surface area contributed by atoms with E-state index in [1.54, 1.807) is 0 Å². The molecule has 0 saturated carbocycles. The number of aliphatic carboxylic acids is 1. The Hall–Kier alpha value is -0.993. The summed E-state index contributed by atoms with van der Waals surface area (Å²) in [5.74, 6) is -2.06. The fourth-order valence-electron chi connectivity index (χ4n) is 3.62. The maximum absolute atomic E-state index is 12.7. The number of carbonyl (C=O) groups excluding carboxylic acids is 1. The molecule has 1 saturated heterocycles. The topological polar surface area (TPSA) is 83.9 Å². The molecule has 0 aromatic carbocycles. The second-order valence-corrected chi connectivity index (χ2v) is 14.7. The van der Waals surface area contributed by atoms with Gasteiger partial charge in [0.05, 0.1) is 23.0 Å². The average molecular weight is 388 g/mol. The molecule has 1 fully saturated rings. The van der Waals surface area contributed by atoms with Crippen LogP contribution in [-0.2, 0) is 24.8 Å². The Morgan fingerprint density at radius 3 is 2.28 bits per heavy atom. The molecule has 1 unspecified atom stereocenters. The quantitative estimate of drug-likeness (QED) is 0.579. The van der Waals surface area contributed by atoms with Crippen molar-refractivity contribution in [1.29, 1.82) is 0 Å². The van der Waals surface area contributed by atoms with Crippen LogP contribution in [0.5, 0.6) is 0 Å². The molecule has 0 aromatic rings. The molecule has 0 radical (unpaired) electrons. The molecule has 2 rings (SSSR count). The standard InChI is InChI=1S/C17H29NO5SSi/c1-9-12-11(10(2)23-25(7,8)17(3,4)5)15(19)18(12)13(16(20)21)14(9)24(6)22/h9-12H,1-8H3,(H,20,21)/t9-,10-,11-,12-,24?/m1/s1. The van der Waals surface area contributed by atoms with E-state index in [1.165, 1.54) is 11.2 Å². The molecule has 0 spiro atoms. The lowest BCUT2D eigenvalue weighted by Gasteiger charge is -2.50. The van der Waals surface area contributed by atoms with E-state index >= 15 is 0 Å². The van der Waals surface area contributed by atoms with Crippen LogP contribution >= 0.6 is 0 Å². The summed E-state index contributed by atoms with van der Waals surface area (Å²) in [6.07, 6.45) is 1.17. The Kier molecular flexibility index (Phi) is 5.13. The number of hydrogen-bond donors (Lipinski definition) is 1. The minimum Gasteiger partial charge on any atom is -0.477 e. The van der Waals surface area contributed by atoms with Crippen LogP contribution in [0.4, 0.5) is 0 Å². The largest absolute Gasteiger partial charge is 0.477 e. The fourth-order valence-corrected chi connectivity index (χ4v) is 6.17. The first-order chi connectivity index (χ1) is 11.2. The molecule has 2 aliphatic heterocycles. The molecular weight excluding hydrogens is 358 g/mol. The zero-order valence-corrected chi connectivity index (χ0v) is 18.1. The summed E-state index contributed by atoms with van der Waals surface area (Å²) < 4.78 is 18.4. The van der Waals surface area contributed by atoms with Crippen molar-refractivity contribution in [3.8, 4) is 0 Å². The third kappa shape index (κ3) is 3.12. The van der Waals surface area contributed by atoms with Crippen molar-refractivity contribution in [2.75, 3.05) is 6.26 Å². The van der Waals surface area contributed by atoms with Gasteiger partial charge in [-0.25, -0.2) is 4.79 Å². The highest BCUT2D eigenvalue weighted by atomic mass is 32.2. The first-order valence-electron chi connectivity index (χ1n) is 8.54. The maximum Gasteiger partial charge on any atom is 0.353 e. The normalized spacial score (nSPS) is 29.4. The summed E-state index contributed by atoms with van der Waals surface area (Å²) in [4.78, 5) is 26.0. The van der Waals surface area contributed by atoms with E-state index in [4.69, 9.17) is 4.43 Å². The Morgan fingerprint density at radius 2 is 1.88 bits per heavy atom. The van der Waals surface area contributed by atoms with Crippen molar-refractivity contribution in [1.82, 2.24) is 4.90 Å². The second-order valence-electron chi connectivity index (χ2n) is 8.57. The Bertz CT molecular complexity index is 666. The lowest BCUT2D eigenvalue weighted by molar-refractivity contribution is -0.162. The second kappa shape index (κ2) is 6.31. The SMILES string of the molecule is C[C@@H](O[Si](C)(C)C(C)(C)C)[C@H]1C(=O)N2C(C(=O)O)=C(S(C)=O)[C@H](C)[C@H]12. The third-order valence-electron chi connectivity index (χ3n) is 5.89. The highest BCUT2D eigenvalue weighted by Crippen LogP contribution is 2.49. The van der Waals surface area contributed by atoms with Gasteiger partial charge in [0.15, 0.2) is 8.32 Å². The number of rotatable bonds is 5. The van der Waals surface area contributed by atoms with E-state index in [2.05, 4.69) is 33.9 Å². The molecule has 2 heterocycles. The van der Waals surface area contributed by atoms with Gasteiger partial charge >= 0.3 is 5.97 Å². The van der Waals surface area contributed by atoms with Gasteiger partial charge in [-0.3, -0.25) is 9.00 Å². The van der Waals surface area contributed by atoms with E-state index in [9.17, 15) is 18.9 Å². The summed E-state index contributed by atoms with van der Waals surface area (Å²) in [7, 11) is -3.47. The first kappa shape index (κ1) is 20.3. The van der Waals surface area contributed by atoms with Crippen LogP contribution < -0.4 is 0 Å². The van der Waals surface area contributed by atoms with Crippen molar-refractivity contribution in [2.45, 2.75) is 64.9 Å². The molecule has 142 valence electrons. The number of nitrogens with zero attached hydrogens (tertiary/aromatic N) is 1. The number of amides is 1. The van der Waals surface area contributed by atoms with Crippen LogP contribution in [0, 0.1) is 11.8 Å². The van der Waals surface area contributed by atoms with E-state index in [-0.39, 0.29) is 40.6 Å².